The van der Waals surface area contributed by atoms with Crippen LogP contribution in [0.2, 0.25) is 0 Å². The number of aromatic amines is 1. The Bertz CT molecular complexity index is 886. The topological polar surface area (TPSA) is 63.3 Å². The van der Waals surface area contributed by atoms with Crippen LogP contribution in [0.5, 0.6) is 11.5 Å². The molecule has 130 valence electrons. The number of hydrogen-bond donors (Lipinski definition) is 2. The van der Waals surface area contributed by atoms with Crippen molar-refractivity contribution < 1.29 is 14.3 Å². The van der Waals surface area contributed by atoms with E-state index in [1.807, 2.05) is 55.6 Å². The van der Waals surface area contributed by atoms with Gasteiger partial charge in [-0.05, 0) is 42.3 Å². The molecule has 0 aliphatic rings. The third-order valence-electron chi connectivity index (χ3n) is 4.29. The lowest BCUT2D eigenvalue weighted by Crippen LogP contribution is -2.22. The Morgan fingerprint density at radius 3 is 2.68 bits per heavy atom. The number of nitrogens with one attached hydrogen (secondary N) is 2. The van der Waals surface area contributed by atoms with Crippen LogP contribution in [0.15, 0.2) is 48.7 Å². The zero-order valence-corrected chi connectivity index (χ0v) is 14.6. The highest BCUT2D eigenvalue weighted by atomic mass is 16.5. The van der Waals surface area contributed by atoms with Crippen molar-refractivity contribution in [1.29, 1.82) is 0 Å². The van der Waals surface area contributed by atoms with Crippen LogP contribution >= 0.6 is 0 Å². The summed E-state index contributed by atoms with van der Waals surface area (Å²) < 4.78 is 10.6. The summed E-state index contributed by atoms with van der Waals surface area (Å²) in [5.41, 5.74) is 2.86. The summed E-state index contributed by atoms with van der Waals surface area (Å²) in [6.45, 7) is 1.92. The third kappa shape index (κ3) is 3.60. The van der Waals surface area contributed by atoms with Crippen LogP contribution in [0, 0.1) is 5.92 Å². The van der Waals surface area contributed by atoms with Crippen LogP contribution in [-0.4, -0.2) is 25.1 Å². The molecule has 1 unspecified atom stereocenters. The van der Waals surface area contributed by atoms with Crippen LogP contribution in [-0.2, 0) is 11.2 Å². The highest BCUT2D eigenvalue weighted by molar-refractivity contribution is 6.01. The molecule has 2 aromatic carbocycles. The van der Waals surface area contributed by atoms with Gasteiger partial charge in [0, 0.05) is 23.0 Å². The zero-order valence-electron chi connectivity index (χ0n) is 14.6. The molecule has 5 heteroatoms. The minimum Gasteiger partial charge on any atom is -0.493 e. The summed E-state index contributed by atoms with van der Waals surface area (Å²) in [6, 6.07) is 13.5. The number of H-pyrrole nitrogens is 1. The van der Waals surface area contributed by atoms with Gasteiger partial charge in [-0.3, -0.25) is 4.79 Å². The number of ether oxygens (including phenoxy) is 2. The van der Waals surface area contributed by atoms with Crippen molar-refractivity contribution in [3.63, 3.8) is 0 Å². The van der Waals surface area contributed by atoms with E-state index in [0.717, 1.165) is 22.2 Å². The summed E-state index contributed by atoms with van der Waals surface area (Å²) >= 11 is 0. The molecule has 25 heavy (non-hydrogen) atoms. The van der Waals surface area contributed by atoms with E-state index in [1.165, 1.54) is 0 Å². The molecular weight excluding hydrogens is 316 g/mol. The van der Waals surface area contributed by atoms with Gasteiger partial charge < -0.3 is 19.8 Å². The number of carbonyl (C=O) groups is 1. The van der Waals surface area contributed by atoms with Gasteiger partial charge in [0.1, 0.15) is 0 Å². The molecule has 0 bridgehead atoms. The van der Waals surface area contributed by atoms with Crippen molar-refractivity contribution in [2.45, 2.75) is 13.3 Å². The first kappa shape index (κ1) is 16.9. The Hall–Kier alpha value is -2.95. The van der Waals surface area contributed by atoms with Crippen LogP contribution in [0.1, 0.15) is 12.5 Å². The highest BCUT2D eigenvalue weighted by Gasteiger charge is 2.16. The van der Waals surface area contributed by atoms with Gasteiger partial charge in [0.05, 0.1) is 19.9 Å². The predicted molar refractivity (Wildman–Crippen MR) is 99.3 cm³/mol. The van der Waals surface area contributed by atoms with Gasteiger partial charge in [-0.25, -0.2) is 0 Å². The Morgan fingerprint density at radius 2 is 1.92 bits per heavy atom. The highest BCUT2D eigenvalue weighted by Crippen LogP contribution is 2.29. The van der Waals surface area contributed by atoms with E-state index < -0.39 is 0 Å². The molecule has 1 heterocycles. The molecule has 5 nitrogen and oxygen atoms in total. The number of anilines is 1. The zero-order chi connectivity index (χ0) is 17.8. The molecule has 2 N–H and O–H groups in total. The first-order valence-electron chi connectivity index (χ1n) is 8.20. The van der Waals surface area contributed by atoms with Gasteiger partial charge in [0.25, 0.3) is 0 Å². The largest absolute Gasteiger partial charge is 0.493 e. The van der Waals surface area contributed by atoms with Crippen molar-refractivity contribution in [3.8, 4) is 11.5 Å². The molecule has 0 aliphatic heterocycles. The number of aromatic nitrogens is 1. The molecule has 1 atom stereocenters. The molecule has 0 aliphatic carbocycles. The predicted octanol–water partition coefficient (Wildman–Crippen LogP) is 4.00. The Kier molecular flexibility index (Phi) is 4.93. The second kappa shape index (κ2) is 7.30. The van der Waals surface area contributed by atoms with Crippen molar-refractivity contribution in [3.05, 3.63) is 54.2 Å². The Labute approximate surface area is 147 Å². The van der Waals surface area contributed by atoms with Crippen LogP contribution in [0.25, 0.3) is 10.9 Å². The monoisotopic (exact) mass is 338 g/mol. The maximum atomic E-state index is 12.6. The van der Waals surface area contributed by atoms with Gasteiger partial charge in [-0.1, -0.05) is 19.1 Å². The Morgan fingerprint density at radius 1 is 1.12 bits per heavy atom. The average molecular weight is 338 g/mol. The van der Waals surface area contributed by atoms with Crippen molar-refractivity contribution in [1.82, 2.24) is 4.98 Å². The average Bonchev–Trinajstić information content (AvgIpc) is 3.11. The molecule has 0 radical (unpaired) electrons. The number of fused-ring (bicyclic) bond motifs is 1. The maximum absolute atomic E-state index is 12.6. The second-order valence-electron chi connectivity index (χ2n) is 6.03. The minimum absolute atomic E-state index is 0.0107. The van der Waals surface area contributed by atoms with E-state index in [2.05, 4.69) is 10.3 Å². The fraction of sp³-hybridized carbons (Fsp3) is 0.250. The number of hydrogen-bond acceptors (Lipinski definition) is 3. The van der Waals surface area contributed by atoms with Gasteiger partial charge in [0.2, 0.25) is 5.91 Å². The second-order valence-corrected chi connectivity index (χ2v) is 6.03. The third-order valence-corrected chi connectivity index (χ3v) is 4.29. The fourth-order valence-corrected chi connectivity index (χ4v) is 2.90. The van der Waals surface area contributed by atoms with E-state index in [1.54, 1.807) is 14.2 Å². The summed E-state index contributed by atoms with van der Waals surface area (Å²) in [4.78, 5) is 15.7. The summed E-state index contributed by atoms with van der Waals surface area (Å²) in [5.74, 6) is 1.17. The lowest BCUT2D eigenvalue weighted by Gasteiger charge is -2.14. The minimum atomic E-state index is -0.174. The summed E-state index contributed by atoms with van der Waals surface area (Å²) in [5, 5.41) is 4.04. The van der Waals surface area contributed by atoms with E-state index in [0.29, 0.717) is 17.9 Å². The van der Waals surface area contributed by atoms with Gasteiger partial charge in [-0.2, -0.15) is 0 Å². The fourth-order valence-electron chi connectivity index (χ4n) is 2.90. The molecule has 3 aromatic rings. The van der Waals surface area contributed by atoms with E-state index in [4.69, 9.17) is 9.47 Å². The number of carbonyl (C=O) groups excluding carboxylic acids is 1. The maximum Gasteiger partial charge on any atom is 0.227 e. The molecule has 0 saturated carbocycles. The lowest BCUT2D eigenvalue weighted by atomic mass is 9.99. The quantitative estimate of drug-likeness (QED) is 0.714. The summed E-state index contributed by atoms with van der Waals surface area (Å²) in [6.07, 6.45) is 2.49. The van der Waals surface area contributed by atoms with E-state index >= 15 is 0 Å². The molecule has 1 amide bonds. The smallest absolute Gasteiger partial charge is 0.227 e. The number of benzene rings is 2. The molecule has 3 rings (SSSR count). The first-order valence-corrected chi connectivity index (χ1v) is 8.20. The standard InChI is InChI=1S/C20H22N2O3/c1-13(11-14-7-8-18(24-2)19(12-14)25-3)20(23)22-17-6-4-5-16-15(17)9-10-21-16/h4-10,12-13,21H,11H2,1-3H3,(H,22,23). The SMILES string of the molecule is COc1ccc(CC(C)C(=O)Nc2cccc3[nH]ccc23)cc1OC. The van der Waals surface area contributed by atoms with Crippen LogP contribution in [0.3, 0.4) is 0 Å². The van der Waals surface area contributed by atoms with Crippen LogP contribution in [0.4, 0.5) is 5.69 Å². The van der Waals surface area contributed by atoms with E-state index in [-0.39, 0.29) is 11.8 Å². The van der Waals surface area contributed by atoms with Crippen LogP contribution < -0.4 is 14.8 Å². The molecule has 1 aromatic heterocycles. The molecular formula is C20H22N2O3. The van der Waals surface area contributed by atoms with Crippen molar-refractivity contribution >= 4 is 22.5 Å². The first-order chi connectivity index (χ1) is 12.1. The normalized spacial score (nSPS) is 12.0. The van der Waals surface area contributed by atoms with Gasteiger partial charge >= 0.3 is 0 Å². The molecule has 0 saturated heterocycles. The Balaban J connectivity index is 1.71. The number of amides is 1. The number of methoxy groups -OCH3 is 2. The van der Waals surface area contributed by atoms with E-state index in [9.17, 15) is 4.79 Å². The van der Waals surface area contributed by atoms with Crippen molar-refractivity contribution in [2.75, 3.05) is 19.5 Å². The van der Waals surface area contributed by atoms with Gasteiger partial charge in [0.15, 0.2) is 11.5 Å². The van der Waals surface area contributed by atoms with Gasteiger partial charge in [-0.15, -0.1) is 0 Å². The molecule has 0 spiro atoms. The lowest BCUT2D eigenvalue weighted by molar-refractivity contribution is -0.119. The summed E-state index contributed by atoms with van der Waals surface area (Å²) in [7, 11) is 3.21. The molecule has 0 fully saturated rings. The van der Waals surface area contributed by atoms with Crippen molar-refractivity contribution in [2.24, 2.45) is 5.92 Å². The number of rotatable bonds is 6.